The number of hydrogen-bond acceptors (Lipinski definition) is 3. The van der Waals surface area contributed by atoms with Crippen LogP contribution in [0.1, 0.15) is 12.8 Å². The molecule has 1 aromatic carbocycles. The number of piperidine rings is 1. The average Bonchev–Trinajstić information content (AvgIpc) is 2.47. The Morgan fingerprint density at radius 2 is 2.16 bits per heavy atom. The normalized spacial score (nSPS) is 19.9. The maximum Gasteiger partial charge on any atom is 0.240 e. The van der Waals surface area contributed by atoms with Crippen molar-refractivity contribution in [3.63, 3.8) is 0 Å². The van der Waals surface area contributed by atoms with Gasteiger partial charge in [-0.2, -0.15) is 0 Å². The first-order chi connectivity index (χ1) is 9.20. The molecule has 1 fully saturated rings. The largest absolute Gasteiger partial charge is 0.314 e. The van der Waals surface area contributed by atoms with Crippen molar-refractivity contribution in [3.8, 4) is 0 Å². The number of carbonyl (C=O) groups is 2. The van der Waals surface area contributed by atoms with Crippen molar-refractivity contribution in [1.82, 2.24) is 4.90 Å². The first kappa shape index (κ1) is 13.7. The number of likely N-dealkylation sites (tertiary alicyclic amines) is 1. The van der Waals surface area contributed by atoms with Crippen LogP contribution in [0.4, 0.5) is 5.69 Å². The maximum atomic E-state index is 12.2. The molecule has 1 atom stereocenters. The van der Waals surface area contributed by atoms with Crippen molar-refractivity contribution in [2.45, 2.75) is 12.8 Å². The van der Waals surface area contributed by atoms with Crippen molar-refractivity contribution < 1.29 is 9.59 Å². The van der Waals surface area contributed by atoms with E-state index in [4.69, 9.17) is 0 Å². The third kappa shape index (κ3) is 3.64. The molecule has 4 nitrogen and oxygen atoms in total. The third-order valence-corrected chi connectivity index (χ3v) is 3.61. The van der Waals surface area contributed by atoms with Gasteiger partial charge in [-0.05, 0) is 31.5 Å². The summed E-state index contributed by atoms with van der Waals surface area (Å²) in [6.07, 6.45) is 2.95. The van der Waals surface area contributed by atoms with E-state index in [9.17, 15) is 9.59 Å². The molecule has 1 aromatic rings. The van der Waals surface area contributed by atoms with Crippen LogP contribution in [0.5, 0.6) is 0 Å². The van der Waals surface area contributed by atoms with Crippen molar-refractivity contribution >= 4 is 17.9 Å². The van der Waals surface area contributed by atoms with Gasteiger partial charge < -0.3 is 9.69 Å². The minimum absolute atomic E-state index is 0.0674. The van der Waals surface area contributed by atoms with Crippen LogP contribution in [-0.4, -0.2) is 43.8 Å². The Balaban J connectivity index is 1.92. The topological polar surface area (TPSA) is 40.6 Å². The summed E-state index contributed by atoms with van der Waals surface area (Å²) >= 11 is 0. The van der Waals surface area contributed by atoms with E-state index in [-0.39, 0.29) is 11.8 Å². The van der Waals surface area contributed by atoms with E-state index in [0.717, 1.165) is 31.4 Å². The number of amides is 1. The van der Waals surface area contributed by atoms with E-state index in [0.29, 0.717) is 13.1 Å². The van der Waals surface area contributed by atoms with E-state index in [1.807, 2.05) is 30.3 Å². The number of aldehydes is 1. The fourth-order valence-corrected chi connectivity index (χ4v) is 2.44. The molecule has 1 aliphatic rings. The molecule has 1 aliphatic heterocycles. The zero-order valence-corrected chi connectivity index (χ0v) is 11.3. The summed E-state index contributed by atoms with van der Waals surface area (Å²) in [7, 11) is 1.79. The van der Waals surface area contributed by atoms with E-state index >= 15 is 0 Å². The highest BCUT2D eigenvalue weighted by molar-refractivity contribution is 5.94. The number of anilines is 1. The van der Waals surface area contributed by atoms with Gasteiger partial charge in [0.25, 0.3) is 0 Å². The molecule has 2 rings (SSSR count). The maximum absolute atomic E-state index is 12.2. The molecule has 19 heavy (non-hydrogen) atoms. The predicted octanol–water partition coefficient (Wildman–Crippen LogP) is 1.56. The van der Waals surface area contributed by atoms with Crippen LogP contribution in [0.15, 0.2) is 30.3 Å². The monoisotopic (exact) mass is 260 g/mol. The Labute approximate surface area is 114 Å². The zero-order valence-electron chi connectivity index (χ0n) is 11.3. The highest BCUT2D eigenvalue weighted by atomic mass is 16.2. The minimum atomic E-state index is 0.0674. The van der Waals surface area contributed by atoms with Crippen LogP contribution in [0, 0.1) is 5.92 Å². The van der Waals surface area contributed by atoms with Crippen LogP contribution >= 0.6 is 0 Å². The van der Waals surface area contributed by atoms with Gasteiger partial charge in [-0.25, -0.2) is 0 Å². The number of para-hydroxylation sites is 1. The number of benzene rings is 1. The lowest BCUT2D eigenvalue weighted by atomic mass is 10.00. The van der Waals surface area contributed by atoms with Gasteiger partial charge in [0.15, 0.2) is 0 Å². The lowest BCUT2D eigenvalue weighted by Gasteiger charge is -2.30. The second-order valence-electron chi connectivity index (χ2n) is 5.06. The molecule has 0 radical (unpaired) electrons. The Morgan fingerprint density at radius 3 is 2.84 bits per heavy atom. The SMILES string of the molecule is CN(C(=O)CN1CCCC(C=O)C1)c1ccccc1. The second-order valence-corrected chi connectivity index (χ2v) is 5.06. The van der Waals surface area contributed by atoms with E-state index < -0.39 is 0 Å². The quantitative estimate of drug-likeness (QED) is 0.771. The molecule has 1 amide bonds. The zero-order chi connectivity index (χ0) is 13.7. The van der Waals surface area contributed by atoms with Gasteiger partial charge in [0.2, 0.25) is 5.91 Å². The Kier molecular flexibility index (Phi) is 4.68. The fraction of sp³-hybridized carbons (Fsp3) is 0.467. The number of hydrogen-bond donors (Lipinski definition) is 0. The molecule has 0 aliphatic carbocycles. The van der Waals surface area contributed by atoms with Crippen molar-refractivity contribution in [3.05, 3.63) is 30.3 Å². The van der Waals surface area contributed by atoms with Gasteiger partial charge in [-0.3, -0.25) is 9.69 Å². The summed E-state index contributed by atoms with van der Waals surface area (Å²) in [4.78, 5) is 26.8. The van der Waals surface area contributed by atoms with E-state index in [2.05, 4.69) is 4.90 Å². The summed E-state index contributed by atoms with van der Waals surface area (Å²) in [5.74, 6) is 0.154. The molecule has 0 spiro atoms. The smallest absolute Gasteiger partial charge is 0.240 e. The molecule has 1 heterocycles. The molecule has 1 saturated heterocycles. The average molecular weight is 260 g/mol. The van der Waals surface area contributed by atoms with Crippen LogP contribution < -0.4 is 4.90 Å². The van der Waals surface area contributed by atoms with Gasteiger partial charge in [0.05, 0.1) is 6.54 Å². The molecule has 1 unspecified atom stereocenters. The van der Waals surface area contributed by atoms with Crippen LogP contribution in [-0.2, 0) is 9.59 Å². The van der Waals surface area contributed by atoms with Crippen molar-refractivity contribution in [1.29, 1.82) is 0 Å². The second kappa shape index (κ2) is 6.48. The molecule has 0 bridgehead atoms. The molecule has 102 valence electrons. The minimum Gasteiger partial charge on any atom is -0.314 e. The van der Waals surface area contributed by atoms with Gasteiger partial charge in [-0.15, -0.1) is 0 Å². The van der Waals surface area contributed by atoms with Gasteiger partial charge in [-0.1, -0.05) is 18.2 Å². The van der Waals surface area contributed by atoms with Gasteiger partial charge >= 0.3 is 0 Å². The fourth-order valence-electron chi connectivity index (χ4n) is 2.44. The highest BCUT2D eigenvalue weighted by Crippen LogP contribution is 2.16. The summed E-state index contributed by atoms with van der Waals surface area (Å²) in [5, 5.41) is 0. The van der Waals surface area contributed by atoms with Crippen molar-refractivity contribution in [2.24, 2.45) is 5.92 Å². The molecule has 4 heteroatoms. The number of rotatable bonds is 4. The number of likely N-dealkylation sites (N-methyl/N-ethyl adjacent to an activating group) is 1. The Bertz CT molecular complexity index is 433. The molecule has 0 saturated carbocycles. The first-order valence-corrected chi connectivity index (χ1v) is 6.70. The Morgan fingerprint density at radius 1 is 1.42 bits per heavy atom. The van der Waals surface area contributed by atoms with Crippen molar-refractivity contribution in [2.75, 3.05) is 31.6 Å². The van der Waals surface area contributed by atoms with E-state index in [1.54, 1.807) is 11.9 Å². The standard InChI is InChI=1S/C15H20N2O2/c1-16(14-7-3-2-4-8-14)15(19)11-17-9-5-6-13(10-17)12-18/h2-4,7-8,12-13H,5-6,9-11H2,1H3. The third-order valence-electron chi connectivity index (χ3n) is 3.61. The summed E-state index contributed by atoms with van der Waals surface area (Å²) in [5.41, 5.74) is 0.899. The lowest BCUT2D eigenvalue weighted by molar-refractivity contribution is -0.121. The van der Waals surface area contributed by atoms with Crippen LogP contribution in [0.3, 0.4) is 0 Å². The van der Waals surface area contributed by atoms with Crippen LogP contribution in [0.25, 0.3) is 0 Å². The Hall–Kier alpha value is -1.68. The number of nitrogens with zero attached hydrogens (tertiary/aromatic N) is 2. The first-order valence-electron chi connectivity index (χ1n) is 6.70. The predicted molar refractivity (Wildman–Crippen MR) is 75.1 cm³/mol. The molecular formula is C15H20N2O2. The summed E-state index contributed by atoms with van der Waals surface area (Å²) < 4.78 is 0. The molecular weight excluding hydrogens is 240 g/mol. The highest BCUT2D eigenvalue weighted by Gasteiger charge is 2.22. The summed E-state index contributed by atoms with van der Waals surface area (Å²) in [6, 6.07) is 9.61. The number of carbonyl (C=O) groups excluding carboxylic acids is 2. The molecule has 0 aromatic heterocycles. The van der Waals surface area contributed by atoms with Crippen LogP contribution in [0.2, 0.25) is 0 Å². The lowest BCUT2D eigenvalue weighted by Crippen LogP contribution is -2.43. The van der Waals surface area contributed by atoms with Gasteiger partial charge in [0.1, 0.15) is 6.29 Å². The molecule has 0 N–H and O–H groups in total. The van der Waals surface area contributed by atoms with E-state index in [1.165, 1.54) is 0 Å². The summed E-state index contributed by atoms with van der Waals surface area (Å²) in [6.45, 7) is 1.99. The van der Waals surface area contributed by atoms with Gasteiger partial charge in [0, 0.05) is 25.2 Å².